The molecule has 1 aliphatic heterocycles. The Kier molecular flexibility index (Phi) is 6.87. The van der Waals surface area contributed by atoms with Crippen LogP contribution in [0.1, 0.15) is 24.1 Å². The van der Waals surface area contributed by atoms with Crippen LogP contribution >= 0.6 is 12.2 Å². The molecule has 2 atom stereocenters. The van der Waals surface area contributed by atoms with Crippen LogP contribution in [0.4, 0.5) is 0 Å². The molecule has 1 heterocycles. The molecule has 2 rings (SSSR count). The normalized spacial score (nSPS) is 19.1. The van der Waals surface area contributed by atoms with E-state index >= 15 is 0 Å². The zero-order valence-corrected chi connectivity index (χ0v) is 15.6. The summed E-state index contributed by atoms with van der Waals surface area (Å²) in [5.74, 6) is 1.56. The molecular weight excluding hydrogens is 322 g/mol. The molecule has 6 heteroatoms. The van der Waals surface area contributed by atoms with Gasteiger partial charge in [0.1, 0.15) is 6.04 Å². The van der Waals surface area contributed by atoms with E-state index in [1.165, 1.54) is 16.0 Å². The van der Waals surface area contributed by atoms with Gasteiger partial charge in [-0.3, -0.25) is 0 Å². The summed E-state index contributed by atoms with van der Waals surface area (Å²) in [6.45, 7) is 9.53. The van der Waals surface area contributed by atoms with E-state index in [1.807, 2.05) is 13.0 Å². The molecule has 132 valence electrons. The third-order valence-electron chi connectivity index (χ3n) is 4.44. The van der Waals surface area contributed by atoms with Crippen molar-refractivity contribution in [3.63, 3.8) is 0 Å². The summed E-state index contributed by atoms with van der Waals surface area (Å²) in [5.41, 5.74) is 2.61. The fourth-order valence-electron chi connectivity index (χ4n) is 3.27. The fourth-order valence-corrected chi connectivity index (χ4v) is 3.50. The molecule has 0 saturated heterocycles. The number of nitrogens with one attached hydrogen (secondary N) is 3. The quantitative estimate of drug-likeness (QED) is 0.503. The summed E-state index contributed by atoms with van der Waals surface area (Å²) >= 11 is 5.32. The number of hydrogen-bond acceptors (Lipinski definition) is 3. The number of rotatable bonds is 7. The van der Waals surface area contributed by atoms with Crippen LogP contribution in [-0.2, 0) is 6.42 Å². The lowest BCUT2D eigenvalue weighted by Crippen LogP contribution is -3.13. The molecule has 1 aromatic rings. The highest BCUT2D eigenvalue weighted by molar-refractivity contribution is 7.80. The number of quaternary nitrogens is 1. The topological polar surface area (TPSA) is 47.0 Å². The molecule has 0 radical (unpaired) electrons. The maximum atomic E-state index is 5.50. The lowest BCUT2D eigenvalue weighted by atomic mass is 9.91. The van der Waals surface area contributed by atoms with Gasteiger partial charge >= 0.3 is 0 Å². The van der Waals surface area contributed by atoms with Gasteiger partial charge in [-0.15, -0.1) is 0 Å². The molecule has 24 heavy (non-hydrogen) atoms. The molecule has 3 N–H and O–H groups in total. The Morgan fingerprint density at radius 1 is 1.33 bits per heavy atom. The Morgan fingerprint density at radius 3 is 2.67 bits per heavy atom. The summed E-state index contributed by atoms with van der Waals surface area (Å²) in [6, 6.07) is 4.51. The Hall–Kier alpha value is -1.79. The van der Waals surface area contributed by atoms with Gasteiger partial charge in [0.25, 0.3) is 0 Å². The molecule has 5 nitrogen and oxygen atoms in total. The largest absolute Gasteiger partial charge is 0.493 e. The minimum absolute atomic E-state index is 0.295. The number of benzene rings is 1. The molecule has 0 amide bonds. The standard InChI is InChI=1S/C18H27N3O2S/c1-5-8-21-9-7-13-10-16(22-3)17(23-4)11-14(13)15(21)12-20-18(24)19-6-2/h5,10-11,15H,1,6-9,12H2,2-4H3,(H2,19,20,24)/p+1/t15-/m1/s1. The van der Waals surface area contributed by atoms with Gasteiger partial charge in [-0.2, -0.15) is 0 Å². The van der Waals surface area contributed by atoms with Crippen molar-refractivity contribution in [2.75, 3.05) is 40.4 Å². The van der Waals surface area contributed by atoms with Crippen LogP contribution in [-0.4, -0.2) is 45.5 Å². The summed E-state index contributed by atoms with van der Waals surface area (Å²) in [6.07, 6.45) is 3.00. The minimum atomic E-state index is 0.295. The summed E-state index contributed by atoms with van der Waals surface area (Å²) in [5, 5.41) is 7.18. The average Bonchev–Trinajstić information content (AvgIpc) is 2.59. The Labute approximate surface area is 150 Å². The van der Waals surface area contributed by atoms with Crippen molar-refractivity contribution in [3.8, 4) is 11.5 Å². The van der Waals surface area contributed by atoms with E-state index < -0.39 is 0 Å². The van der Waals surface area contributed by atoms with Gasteiger partial charge in [-0.25, -0.2) is 0 Å². The number of methoxy groups -OCH3 is 2. The summed E-state index contributed by atoms with van der Waals surface area (Å²) in [7, 11) is 3.35. The molecule has 1 unspecified atom stereocenters. The van der Waals surface area contributed by atoms with Crippen molar-refractivity contribution in [3.05, 3.63) is 35.9 Å². The monoisotopic (exact) mass is 350 g/mol. The molecule has 0 saturated carbocycles. The van der Waals surface area contributed by atoms with Gasteiger partial charge in [0.15, 0.2) is 16.6 Å². The Bertz CT molecular complexity index is 592. The minimum Gasteiger partial charge on any atom is -0.493 e. The Morgan fingerprint density at radius 2 is 2.04 bits per heavy atom. The predicted molar refractivity (Wildman–Crippen MR) is 101 cm³/mol. The number of hydrogen-bond donors (Lipinski definition) is 3. The number of thiocarbonyl (C=S) groups is 1. The second-order valence-corrected chi connectivity index (χ2v) is 6.26. The van der Waals surface area contributed by atoms with Crippen molar-refractivity contribution >= 4 is 17.3 Å². The van der Waals surface area contributed by atoms with Crippen LogP contribution in [0.3, 0.4) is 0 Å². The van der Waals surface area contributed by atoms with E-state index in [0.29, 0.717) is 11.2 Å². The molecule has 0 bridgehead atoms. The molecule has 0 fully saturated rings. The zero-order chi connectivity index (χ0) is 17.5. The first-order chi connectivity index (χ1) is 11.6. The number of fused-ring (bicyclic) bond motifs is 1. The average molecular weight is 351 g/mol. The van der Waals surface area contributed by atoms with Crippen LogP contribution < -0.4 is 25.0 Å². The summed E-state index contributed by atoms with van der Waals surface area (Å²) < 4.78 is 10.9. The highest BCUT2D eigenvalue weighted by atomic mass is 32.1. The third-order valence-corrected chi connectivity index (χ3v) is 4.73. The van der Waals surface area contributed by atoms with Crippen molar-refractivity contribution < 1.29 is 14.4 Å². The van der Waals surface area contributed by atoms with E-state index in [2.05, 4.69) is 29.3 Å². The first kappa shape index (κ1) is 18.5. The van der Waals surface area contributed by atoms with E-state index in [1.54, 1.807) is 14.2 Å². The first-order valence-corrected chi connectivity index (χ1v) is 8.77. The van der Waals surface area contributed by atoms with Gasteiger partial charge in [0, 0.05) is 18.5 Å². The van der Waals surface area contributed by atoms with Crippen LogP contribution in [0.15, 0.2) is 24.8 Å². The maximum Gasteiger partial charge on any atom is 0.166 e. The van der Waals surface area contributed by atoms with E-state index in [4.69, 9.17) is 21.7 Å². The zero-order valence-electron chi connectivity index (χ0n) is 14.8. The fraction of sp³-hybridized carbons (Fsp3) is 0.500. The SMILES string of the molecule is C=CC[NH+]1CCc2cc(OC)c(OC)cc2[C@H]1CNC(=S)NCC. The molecule has 1 aliphatic rings. The smallest absolute Gasteiger partial charge is 0.166 e. The lowest BCUT2D eigenvalue weighted by Gasteiger charge is -2.34. The highest BCUT2D eigenvalue weighted by Gasteiger charge is 2.31. The lowest BCUT2D eigenvalue weighted by molar-refractivity contribution is -0.927. The van der Waals surface area contributed by atoms with Gasteiger partial charge < -0.3 is 25.0 Å². The molecule has 0 aliphatic carbocycles. The van der Waals surface area contributed by atoms with E-state index in [0.717, 1.165) is 44.1 Å². The van der Waals surface area contributed by atoms with E-state index in [9.17, 15) is 0 Å². The van der Waals surface area contributed by atoms with Crippen molar-refractivity contribution in [1.29, 1.82) is 0 Å². The van der Waals surface area contributed by atoms with Gasteiger partial charge in [-0.1, -0.05) is 6.58 Å². The van der Waals surface area contributed by atoms with Crippen LogP contribution in [0, 0.1) is 0 Å². The molecule has 0 spiro atoms. The Balaban J connectivity index is 2.30. The van der Waals surface area contributed by atoms with Crippen LogP contribution in [0.2, 0.25) is 0 Å². The second-order valence-electron chi connectivity index (χ2n) is 5.85. The van der Waals surface area contributed by atoms with E-state index in [-0.39, 0.29) is 0 Å². The first-order valence-electron chi connectivity index (χ1n) is 8.36. The van der Waals surface area contributed by atoms with Crippen molar-refractivity contribution in [1.82, 2.24) is 10.6 Å². The van der Waals surface area contributed by atoms with Gasteiger partial charge in [-0.05, 0) is 42.9 Å². The summed E-state index contributed by atoms with van der Waals surface area (Å²) in [4.78, 5) is 1.48. The number of ether oxygens (including phenoxy) is 2. The molecular formula is C18H28N3O2S+. The molecule has 1 aromatic carbocycles. The van der Waals surface area contributed by atoms with Gasteiger partial charge in [0.2, 0.25) is 0 Å². The molecule has 0 aromatic heterocycles. The predicted octanol–water partition coefficient (Wildman–Crippen LogP) is 0.856. The second kappa shape index (κ2) is 8.89. The van der Waals surface area contributed by atoms with Crippen molar-refractivity contribution in [2.45, 2.75) is 19.4 Å². The van der Waals surface area contributed by atoms with Crippen molar-refractivity contribution in [2.24, 2.45) is 0 Å². The van der Waals surface area contributed by atoms with Gasteiger partial charge in [0.05, 0.1) is 33.9 Å². The third kappa shape index (κ3) is 4.19. The highest BCUT2D eigenvalue weighted by Crippen LogP contribution is 2.33. The maximum absolute atomic E-state index is 5.50. The van der Waals surface area contributed by atoms with Crippen LogP contribution in [0.5, 0.6) is 11.5 Å². The van der Waals surface area contributed by atoms with Crippen LogP contribution in [0.25, 0.3) is 0 Å².